The number of carbonyl (C=O) groups is 4. The van der Waals surface area contributed by atoms with Gasteiger partial charge in [-0.2, -0.15) is 0 Å². The third kappa shape index (κ3) is 70.3. The highest BCUT2D eigenvalue weighted by atomic mass is 31.2. The summed E-state index contributed by atoms with van der Waals surface area (Å²) >= 11 is 0. The van der Waals surface area contributed by atoms with Crippen molar-refractivity contribution in [1.29, 1.82) is 0 Å². The van der Waals surface area contributed by atoms with Gasteiger partial charge in [0.2, 0.25) is 0 Å². The Bertz CT molecular complexity index is 1840. The number of unbranched alkanes of at least 4 members (excludes halogenated alkanes) is 45. The fourth-order valence-electron chi connectivity index (χ4n) is 11.7. The van der Waals surface area contributed by atoms with Crippen LogP contribution >= 0.6 is 15.6 Å². The zero-order valence-corrected chi connectivity index (χ0v) is 63.8. The van der Waals surface area contributed by atoms with Crippen molar-refractivity contribution >= 4 is 39.5 Å². The number of hydrogen-bond donors (Lipinski definition) is 3. The molecule has 0 rings (SSSR count). The van der Waals surface area contributed by atoms with E-state index in [0.717, 1.165) is 102 Å². The molecule has 0 aliphatic heterocycles. The van der Waals surface area contributed by atoms with Crippen LogP contribution in [0.5, 0.6) is 0 Å². The van der Waals surface area contributed by atoms with Crippen LogP contribution < -0.4 is 0 Å². The van der Waals surface area contributed by atoms with Gasteiger partial charge in [-0.15, -0.1) is 0 Å². The molecule has 0 aromatic heterocycles. The van der Waals surface area contributed by atoms with E-state index >= 15 is 0 Å². The number of hydrogen-bond acceptors (Lipinski definition) is 15. The Hall–Kier alpha value is -1.94. The Morgan fingerprint density at radius 2 is 0.484 bits per heavy atom. The third-order valence-corrected chi connectivity index (χ3v) is 19.6. The molecule has 0 heterocycles. The summed E-state index contributed by atoms with van der Waals surface area (Å²) in [7, 11) is -9.91. The summed E-state index contributed by atoms with van der Waals surface area (Å²) in [5.74, 6) is -0.652. The zero-order valence-electron chi connectivity index (χ0n) is 62.0. The average Bonchev–Trinajstić information content (AvgIpc) is 1.51. The lowest BCUT2D eigenvalue weighted by atomic mass is 10.0. The minimum Gasteiger partial charge on any atom is -0.462 e. The molecule has 0 saturated heterocycles. The monoisotopic (exact) mass is 1400 g/mol. The maximum Gasteiger partial charge on any atom is 0.472 e. The second kappa shape index (κ2) is 67.9. The molecule has 17 nitrogen and oxygen atoms in total. The summed E-state index contributed by atoms with van der Waals surface area (Å²) in [6.45, 7) is 9.54. The molecule has 0 aromatic carbocycles. The molecule has 0 fully saturated rings. The smallest absolute Gasteiger partial charge is 0.462 e. The van der Waals surface area contributed by atoms with E-state index in [1.54, 1.807) is 0 Å². The molecule has 95 heavy (non-hydrogen) atoms. The van der Waals surface area contributed by atoms with E-state index in [9.17, 15) is 43.2 Å². The van der Waals surface area contributed by atoms with Crippen LogP contribution in [0.1, 0.15) is 395 Å². The molecule has 5 atom stereocenters. The van der Waals surface area contributed by atoms with Gasteiger partial charge in [0.1, 0.15) is 19.3 Å². The van der Waals surface area contributed by atoms with Crippen LogP contribution in [-0.4, -0.2) is 96.7 Å². The van der Waals surface area contributed by atoms with Crippen LogP contribution in [0, 0.1) is 11.8 Å². The first-order valence-corrected chi connectivity index (χ1v) is 42.5. The van der Waals surface area contributed by atoms with Gasteiger partial charge in [-0.25, -0.2) is 9.13 Å². The van der Waals surface area contributed by atoms with E-state index in [0.29, 0.717) is 31.6 Å². The van der Waals surface area contributed by atoms with Gasteiger partial charge in [-0.05, 0) is 37.5 Å². The van der Waals surface area contributed by atoms with Crippen molar-refractivity contribution in [3.05, 3.63) is 0 Å². The van der Waals surface area contributed by atoms with E-state index in [2.05, 4.69) is 41.5 Å². The number of esters is 4. The molecule has 2 unspecified atom stereocenters. The number of phosphoric ester groups is 2. The Morgan fingerprint density at radius 1 is 0.284 bits per heavy atom. The lowest BCUT2D eigenvalue weighted by molar-refractivity contribution is -0.161. The minimum atomic E-state index is -4.96. The predicted octanol–water partition coefficient (Wildman–Crippen LogP) is 22.3. The molecular formula is C76H148O17P2. The summed E-state index contributed by atoms with van der Waals surface area (Å²) in [6.07, 6.45) is 55.6. The van der Waals surface area contributed by atoms with Crippen molar-refractivity contribution in [3.63, 3.8) is 0 Å². The first kappa shape index (κ1) is 93.1. The third-order valence-electron chi connectivity index (χ3n) is 17.7. The molecule has 0 bridgehead atoms. The van der Waals surface area contributed by atoms with Gasteiger partial charge in [-0.3, -0.25) is 37.3 Å². The highest BCUT2D eigenvalue weighted by molar-refractivity contribution is 7.47. The lowest BCUT2D eigenvalue weighted by Crippen LogP contribution is -2.30. The maximum absolute atomic E-state index is 13.1. The summed E-state index contributed by atoms with van der Waals surface area (Å²) in [5.41, 5.74) is 0. The van der Waals surface area contributed by atoms with Gasteiger partial charge < -0.3 is 33.8 Å². The molecule has 564 valence electrons. The van der Waals surface area contributed by atoms with E-state index in [1.165, 1.54) is 205 Å². The normalized spacial score (nSPS) is 14.0. The summed E-state index contributed by atoms with van der Waals surface area (Å²) in [4.78, 5) is 72.8. The fraction of sp³-hybridized carbons (Fsp3) is 0.947. The molecule has 0 spiro atoms. The molecule has 0 aliphatic carbocycles. The van der Waals surface area contributed by atoms with Crippen molar-refractivity contribution in [3.8, 4) is 0 Å². The van der Waals surface area contributed by atoms with Crippen LogP contribution in [-0.2, 0) is 65.4 Å². The molecule has 0 aliphatic rings. The Morgan fingerprint density at radius 3 is 0.716 bits per heavy atom. The fourth-order valence-corrected chi connectivity index (χ4v) is 13.2. The largest absolute Gasteiger partial charge is 0.472 e. The number of ether oxygens (including phenoxy) is 4. The average molecular weight is 1400 g/mol. The van der Waals surface area contributed by atoms with Gasteiger partial charge >= 0.3 is 39.5 Å². The van der Waals surface area contributed by atoms with Crippen molar-refractivity contribution < 1.29 is 80.2 Å². The Kier molecular flexibility index (Phi) is 66.5. The van der Waals surface area contributed by atoms with Crippen molar-refractivity contribution in [2.45, 2.75) is 413 Å². The van der Waals surface area contributed by atoms with E-state index in [4.69, 9.17) is 37.0 Å². The highest BCUT2D eigenvalue weighted by Crippen LogP contribution is 2.45. The first-order valence-electron chi connectivity index (χ1n) is 39.5. The molecule has 0 radical (unpaired) electrons. The van der Waals surface area contributed by atoms with Crippen LogP contribution in [0.25, 0.3) is 0 Å². The van der Waals surface area contributed by atoms with Gasteiger partial charge in [0.15, 0.2) is 12.2 Å². The first-order chi connectivity index (χ1) is 45.9. The topological polar surface area (TPSA) is 237 Å². The van der Waals surface area contributed by atoms with Crippen molar-refractivity contribution in [1.82, 2.24) is 0 Å². The molecular weight excluding hydrogens is 1250 g/mol. The quantitative estimate of drug-likeness (QED) is 0.0222. The van der Waals surface area contributed by atoms with E-state index < -0.39 is 97.5 Å². The lowest BCUT2D eigenvalue weighted by Gasteiger charge is -2.21. The van der Waals surface area contributed by atoms with Crippen molar-refractivity contribution in [2.75, 3.05) is 39.6 Å². The molecule has 0 aromatic rings. The molecule has 19 heteroatoms. The van der Waals surface area contributed by atoms with E-state index in [-0.39, 0.29) is 25.7 Å². The van der Waals surface area contributed by atoms with Crippen LogP contribution in [0.3, 0.4) is 0 Å². The summed E-state index contributed by atoms with van der Waals surface area (Å²) < 4.78 is 68.5. The standard InChI is InChI=1S/C76H148O17P2/c1-7-9-11-13-15-17-19-21-22-23-24-25-26-28-30-36-42-49-55-61-76(81)92-71(64-86-73(78)58-52-46-40-34-32-31-33-38-44-50-56-68(3)4)66-90-94(82,83)88-62-70(77)63-89-95(84,85)91-67-72(65-87-74(79)59-53-47-43-37-39-45-51-57-69(5)6)93-75(80)60-54-48-41-35-29-27-20-18-16-14-12-10-8-2/h68-72,77H,7-67H2,1-6H3,(H,82,83)(H,84,85)/t70-,71-,72-/m1/s1. The van der Waals surface area contributed by atoms with Crippen LogP contribution in [0.15, 0.2) is 0 Å². The summed E-state index contributed by atoms with van der Waals surface area (Å²) in [6, 6.07) is 0. The molecule has 0 saturated carbocycles. The Balaban J connectivity index is 5.23. The highest BCUT2D eigenvalue weighted by Gasteiger charge is 2.30. The van der Waals surface area contributed by atoms with Crippen LogP contribution in [0.2, 0.25) is 0 Å². The summed E-state index contributed by atoms with van der Waals surface area (Å²) in [5, 5.41) is 10.6. The van der Waals surface area contributed by atoms with Crippen molar-refractivity contribution in [2.24, 2.45) is 11.8 Å². The van der Waals surface area contributed by atoms with Gasteiger partial charge in [-0.1, -0.05) is 343 Å². The van der Waals surface area contributed by atoms with Gasteiger partial charge in [0.25, 0.3) is 0 Å². The second-order valence-corrected chi connectivity index (χ2v) is 31.3. The van der Waals surface area contributed by atoms with Crippen LogP contribution in [0.4, 0.5) is 0 Å². The molecule has 0 amide bonds. The maximum atomic E-state index is 13.1. The number of aliphatic hydroxyl groups is 1. The number of rotatable bonds is 75. The SMILES string of the molecule is CCCCCCCCCCCCCCCCCCCCCC(=O)O[C@H](COC(=O)CCCCCCCCCCCCC(C)C)COP(=O)(O)OC[C@@H](O)COP(=O)(O)OC[C@@H](COC(=O)CCCCCCCCCC(C)C)OC(=O)CCCCCCCCCCCCCCC. The Labute approximate surface area is 581 Å². The second-order valence-electron chi connectivity index (χ2n) is 28.3. The van der Waals surface area contributed by atoms with E-state index in [1.807, 2.05) is 0 Å². The van der Waals surface area contributed by atoms with Gasteiger partial charge in [0.05, 0.1) is 26.4 Å². The number of aliphatic hydroxyl groups excluding tert-OH is 1. The minimum absolute atomic E-state index is 0.107. The van der Waals surface area contributed by atoms with Gasteiger partial charge in [0, 0.05) is 25.7 Å². The number of carbonyl (C=O) groups excluding carboxylic acids is 4. The predicted molar refractivity (Wildman–Crippen MR) is 386 cm³/mol. The zero-order chi connectivity index (χ0) is 70.0. The molecule has 3 N–H and O–H groups in total. The number of phosphoric acid groups is 2.